The molecule has 0 saturated heterocycles. The Kier molecular flexibility index (Phi) is 3.62. The lowest BCUT2D eigenvalue weighted by Gasteiger charge is -2.06. The van der Waals surface area contributed by atoms with Crippen LogP contribution in [0.3, 0.4) is 0 Å². The van der Waals surface area contributed by atoms with E-state index in [1.54, 1.807) is 23.9 Å². The number of halogens is 1. The van der Waals surface area contributed by atoms with Gasteiger partial charge in [0.05, 0.1) is 6.04 Å². The molecule has 1 heterocycles. The van der Waals surface area contributed by atoms with Crippen LogP contribution < -0.4 is 5.73 Å². The predicted molar refractivity (Wildman–Crippen MR) is 78.1 cm³/mol. The summed E-state index contributed by atoms with van der Waals surface area (Å²) in [4.78, 5) is 0. The lowest BCUT2D eigenvalue weighted by atomic mass is 10.1. The molecule has 0 unspecified atom stereocenters. The summed E-state index contributed by atoms with van der Waals surface area (Å²) in [6.45, 7) is 0. The molecule has 1 aromatic heterocycles. The fourth-order valence-electron chi connectivity index (χ4n) is 1.80. The first-order valence-electron chi connectivity index (χ1n) is 6.18. The SMILES string of the molecule is N=C(N)c1ccc(CSc2nnnn2C2CC2)c(Cl)c1. The second kappa shape index (κ2) is 5.41. The van der Waals surface area contributed by atoms with Crippen LogP contribution in [0, 0.1) is 5.41 Å². The van der Waals surface area contributed by atoms with Crippen molar-refractivity contribution in [1.29, 1.82) is 5.41 Å². The Morgan fingerprint density at radius 2 is 2.30 bits per heavy atom. The molecule has 20 heavy (non-hydrogen) atoms. The van der Waals surface area contributed by atoms with Gasteiger partial charge in [-0.2, -0.15) is 0 Å². The van der Waals surface area contributed by atoms with Crippen molar-refractivity contribution in [3.63, 3.8) is 0 Å². The van der Waals surface area contributed by atoms with Crippen molar-refractivity contribution in [2.24, 2.45) is 5.73 Å². The first kappa shape index (κ1) is 13.4. The molecule has 3 N–H and O–H groups in total. The van der Waals surface area contributed by atoms with Crippen LogP contribution in [0.15, 0.2) is 23.4 Å². The van der Waals surface area contributed by atoms with E-state index < -0.39 is 0 Å². The lowest BCUT2D eigenvalue weighted by Crippen LogP contribution is -2.10. The van der Waals surface area contributed by atoms with Gasteiger partial charge in [0.2, 0.25) is 5.16 Å². The molecule has 0 atom stereocenters. The van der Waals surface area contributed by atoms with Gasteiger partial charge in [-0.3, -0.25) is 5.41 Å². The molecule has 0 spiro atoms. The van der Waals surface area contributed by atoms with Gasteiger partial charge in [-0.25, -0.2) is 4.68 Å². The Hall–Kier alpha value is -1.60. The van der Waals surface area contributed by atoms with Crippen molar-refractivity contribution < 1.29 is 0 Å². The molecule has 0 radical (unpaired) electrons. The van der Waals surface area contributed by atoms with Gasteiger partial charge in [0, 0.05) is 16.3 Å². The summed E-state index contributed by atoms with van der Waals surface area (Å²) in [6.07, 6.45) is 2.29. The third-order valence-electron chi connectivity index (χ3n) is 3.08. The zero-order chi connectivity index (χ0) is 14.1. The van der Waals surface area contributed by atoms with Crippen molar-refractivity contribution in [1.82, 2.24) is 20.2 Å². The van der Waals surface area contributed by atoms with Gasteiger partial charge in [-0.05, 0) is 34.9 Å². The van der Waals surface area contributed by atoms with Crippen LogP contribution in [0.2, 0.25) is 5.02 Å². The first-order valence-corrected chi connectivity index (χ1v) is 7.55. The summed E-state index contributed by atoms with van der Waals surface area (Å²) in [7, 11) is 0. The lowest BCUT2D eigenvalue weighted by molar-refractivity contribution is 0.565. The minimum Gasteiger partial charge on any atom is -0.384 e. The van der Waals surface area contributed by atoms with Crippen molar-refractivity contribution >= 4 is 29.2 Å². The van der Waals surface area contributed by atoms with E-state index in [9.17, 15) is 0 Å². The van der Waals surface area contributed by atoms with E-state index >= 15 is 0 Å². The summed E-state index contributed by atoms with van der Waals surface area (Å²) in [5.74, 6) is 0.702. The molecule has 3 rings (SSSR count). The molecule has 1 saturated carbocycles. The molecule has 2 aromatic rings. The van der Waals surface area contributed by atoms with Crippen LogP contribution in [-0.4, -0.2) is 26.0 Å². The predicted octanol–water partition coefficient (Wildman–Crippen LogP) is 2.24. The third-order valence-corrected chi connectivity index (χ3v) is 4.41. The number of nitrogen functional groups attached to an aromatic ring is 1. The summed E-state index contributed by atoms with van der Waals surface area (Å²) >= 11 is 7.77. The highest BCUT2D eigenvalue weighted by Crippen LogP contribution is 2.37. The van der Waals surface area contributed by atoms with E-state index in [1.807, 2.05) is 10.7 Å². The minimum absolute atomic E-state index is 0.0174. The Bertz CT molecular complexity index is 651. The zero-order valence-electron chi connectivity index (χ0n) is 10.6. The standard InChI is InChI=1S/C12H13ClN6S/c13-10-5-7(11(14)15)1-2-8(10)6-20-12-16-17-18-19(12)9-3-4-9/h1-2,5,9H,3-4,6H2,(H3,14,15). The van der Waals surface area contributed by atoms with Gasteiger partial charge in [-0.1, -0.05) is 35.5 Å². The highest BCUT2D eigenvalue weighted by atomic mass is 35.5. The topological polar surface area (TPSA) is 93.5 Å². The van der Waals surface area contributed by atoms with Gasteiger partial charge in [-0.15, -0.1) is 5.10 Å². The third kappa shape index (κ3) is 2.78. The Balaban J connectivity index is 1.71. The van der Waals surface area contributed by atoms with Crippen molar-refractivity contribution in [2.45, 2.75) is 29.8 Å². The molecule has 1 aliphatic rings. The average molecular weight is 309 g/mol. The Labute approximate surface area is 125 Å². The number of benzene rings is 1. The Morgan fingerprint density at radius 3 is 2.95 bits per heavy atom. The van der Waals surface area contributed by atoms with Crippen LogP contribution in [0.4, 0.5) is 0 Å². The van der Waals surface area contributed by atoms with Crippen molar-refractivity contribution in [3.05, 3.63) is 34.3 Å². The number of nitrogens with zero attached hydrogens (tertiary/aromatic N) is 4. The molecular weight excluding hydrogens is 296 g/mol. The largest absolute Gasteiger partial charge is 0.384 e. The second-order valence-electron chi connectivity index (χ2n) is 4.65. The number of aromatic nitrogens is 4. The van der Waals surface area contributed by atoms with E-state index in [4.69, 9.17) is 22.7 Å². The fraction of sp³-hybridized carbons (Fsp3) is 0.333. The fourth-order valence-corrected chi connectivity index (χ4v) is 3.08. The smallest absolute Gasteiger partial charge is 0.209 e. The minimum atomic E-state index is 0.0174. The molecule has 8 heteroatoms. The number of nitrogens with one attached hydrogen (secondary N) is 1. The molecule has 0 bridgehead atoms. The van der Waals surface area contributed by atoms with Gasteiger partial charge in [0.25, 0.3) is 0 Å². The van der Waals surface area contributed by atoms with E-state index in [0.717, 1.165) is 23.6 Å². The molecule has 0 amide bonds. The van der Waals surface area contributed by atoms with E-state index in [1.165, 1.54) is 0 Å². The number of nitrogens with two attached hydrogens (primary N) is 1. The van der Waals surface area contributed by atoms with E-state index in [-0.39, 0.29) is 5.84 Å². The van der Waals surface area contributed by atoms with Crippen molar-refractivity contribution in [2.75, 3.05) is 0 Å². The zero-order valence-corrected chi connectivity index (χ0v) is 12.2. The van der Waals surface area contributed by atoms with Crippen LogP contribution in [0.1, 0.15) is 30.0 Å². The number of thioether (sulfide) groups is 1. The molecule has 6 nitrogen and oxygen atoms in total. The number of tetrazole rings is 1. The van der Waals surface area contributed by atoms with Gasteiger partial charge in [0.1, 0.15) is 5.84 Å². The monoisotopic (exact) mass is 308 g/mol. The Morgan fingerprint density at radius 1 is 1.50 bits per heavy atom. The summed E-state index contributed by atoms with van der Waals surface area (Å²) < 4.78 is 1.88. The molecule has 1 aromatic carbocycles. The maximum atomic E-state index is 7.38. The van der Waals surface area contributed by atoms with Crippen LogP contribution >= 0.6 is 23.4 Å². The molecule has 1 aliphatic carbocycles. The van der Waals surface area contributed by atoms with Gasteiger partial charge < -0.3 is 5.73 Å². The van der Waals surface area contributed by atoms with Crippen LogP contribution in [-0.2, 0) is 5.75 Å². The molecular formula is C12H13ClN6S. The number of rotatable bonds is 5. The van der Waals surface area contributed by atoms with Gasteiger partial charge >= 0.3 is 0 Å². The van der Waals surface area contributed by atoms with E-state index in [0.29, 0.717) is 22.4 Å². The maximum Gasteiger partial charge on any atom is 0.209 e. The summed E-state index contributed by atoms with van der Waals surface area (Å²) in [5.41, 5.74) is 7.04. The number of amidine groups is 1. The quantitative estimate of drug-likeness (QED) is 0.502. The molecule has 1 fully saturated rings. The van der Waals surface area contributed by atoms with Gasteiger partial charge in [0.15, 0.2) is 0 Å². The first-order chi connectivity index (χ1) is 9.65. The number of hydrogen-bond acceptors (Lipinski definition) is 5. The normalized spacial score (nSPS) is 14.4. The van der Waals surface area contributed by atoms with Crippen LogP contribution in [0.5, 0.6) is 0 Å². The van der Waals surface area contributed by atoms with Crippen LogP contribution in [0.25, 0.3) is 0 Å². The number of hydrogen-bond donors (Lipinski definition) is 2. The van der Waals surface area contributed by atoms with Crippen molar-refractivity contribution in [3.8, 4) is 0 Å². The molecule has 0 aliphatic heterocycles. The highest BCUT2D eigenvalue weighted by Gasteiger charge is 2.27. The average Bonchev–Trinajstić information content (AvgIpc) is 3.16. The second-order valence-corrected chi connectivity index (χ2v) is 6.00. The molecule has 104 valence electrons. The van der Waals surface area contributed by atoms with E-state index in [2.05, 4.69) is 15.5 Å². The summed E-state index contributed by atoms with van der Waals surface area (Å²) in [5, 5.41) is 20.6. The highest BCUT2D eigenvalue weighted by molar-refractivity contribution is 7.98. The maximum absolute atomic E-state index is 7.38. The summed E-state index contributed by atoms with van der Waals surface area (Å²) in [6, 6.07) is 5.86.